The summed E-state index contributed by atoms with van der Waals surface area (Å²) in [6.07, 6.45) is 0. The molecule has 1 N–H and O–H groups in total. The number of hydrogen-bond donors (Lipinski definition) is 1. The smallest absolute Gasteiger partial charge is 0.258 e. The van der Waals surface area contributed by atoms with Crippen molar-refractivity contribution in [2.75, 3.05) is 24.3 Å². The Bertz CT molecular complexity index is 686. The summed E-state index contributed by atoms with van der Waals surface area (Å²) in [5.41, 5.74) is 2.76. The largest absolute Gasteiger partial charge is 0.377 e. The molecule has 0 saturated heterocycles. The van der Waals surface area contributed by atoms with Crippen molar-refractivity contribution in [2.24, 2.45) is 0 Å². The monoisotopic (exact) mass is 350 g/mol. The van der Waals surface area contributed by atoms with Crippen LogP contribution < -0.4 is 10.2 Å². The molecule has 0 fully saturated rings. The molecule has 21 heavy (non-hydrogen) atoms. The maximum Gasteiger partial charge on any atom is 0.258 e. The van der Waals surface area contributed by atoms with Crippen molar-refractivity contribution in [3.8, 4) is 0 Å². The number of nitrogens with one attached hydrogen (secondary N) is 1. The van der Waals surface area contributed by atoms with Gasteiger partial charge >= 0.3 is 0 Å². The summed E-state index contributed by atoms with van der Waals surface area (Å²) in [7, 11) is 3.91. The van der Waals surface area contributed by atoms with Crippen LogP contribution in [0.3, 0.4) is 0 Å². The topological polar surface area (TPSA) is 32.3 Å². The molecule has 0 aromatic heterocycles. The summed E-state index contributed by atoms with van der Waals surface area (Å²) < 4.78 is 14.3. The van der Waals surface area contributed by atoms with Crippen molar-refractivity contribution in [1.82, 2.24) is 0 Å². The van der Waals surface area contributed by atoms with E-state index in [9.17, 15) is 9.18 Å². The second kappa shape index (κ2) is 6.26. The Hall–Kier alpha value is -1.88. The van der Waals surface area contributed by atoms with Crippen molar-refractivity contribution >= 4 is 33.2 Å². The summed E-state index contributed by atoms with van der Waals surface area (Å²) in [6, 6.07) is 9.87. The number of carbonyl (C=O) groups excluding carboxylic acids is 1. The number of benzene rings is 2. The van der Waals surface area contributed by atoms with E-state index in [2.05, 4.69) is 21.2 Å². The lowest BCUT2D eigenvalue weighted by Gasteiger charge is -2.16. The maximum atomic E-state index is 13.7. The third-order valence-electron chi connectivity index (χ3n) is 3.11. The summed E-state index contributed by atoms with van der Waals surface area (Å²) in [6.45, 7) is 1.96. The zero-order valence-corrected chi connectivity index (χ0v) is 13.7. The standard InChI is InChI=1S/C16H16BrFN2O/c1-10-8-12(5-7-15(10)20(2)3)19-16(21)13-9-11(17)4-6-14(13)18/h4-9H,1-3H3,(H,19,21). The van der Waals surface area contributed by atoms with Gasteiger partial charge in [0.2, 0.25) is 0 Å². The van der Waals surface area contributed by atoms with E-state index in [1.54, 1.807) is 12.1 Å². The molecule has 0 atom stereocenters. The third kappa shape index (κ3) is 3.61. The Morgan fingerprint density at radius 2 is 1.90 bits per heavy atom. The minimum absolute atomic E-state index is 0.0127. The molecule has 0 aliphatic carbocycles. The van der Waals surface area contributed by atoms with E-state index >= 15 is 0 Å². The van der Waals surface area contributed by atoms with Crippen LogP contribution in [0.2, 0.25) is 0 Å². The molecule has 5 heteroatoms. The molecule has 3 nitrogen and oxygen atoms in total. The molecule has 0 heterocycles. The van der Waals surface area contributed by atoms with Gasteiger partial charge in [0.15, 0.2) is 0 Å². The molecule has 0 aliphatic heterocycles. The van der Waals surface area contributed by atoms with Crippen LogP contribution >= 0.6 is 15.9 Å². The van der Waals surface area contributed by atoms with Crippen molar-refractivity contribution in [3.63, 3.8) is 0 Å². The second-order valence-corrected chi connectivity index (χ2v) is 5.89. The number of anilines is 2. The Kier molecular flexibility index (Phi) is 4.63. The van der Waals surface area contributed by atoms with E-state index in [0.717, 1.165) is 11.3 Å². The van der Waals surface area contributed by atoms with Crippen LogP contribution in [0.15, 0.2) is 40.9 Å². The fourth-order valence-electron chi connectivity index (χ4n) is 2.10. The summed E-state index contributed by atoms with van der Waals surface area (Å²) >= 11 is 3.23. The van der Waals surface area contributed by atoms with Crippen LogP contribution in [0.25, 0.3) is 0 Å². The van der Waals surface area contributed by atoms with Gasteiger partial charge in [0.05, 0.1) is 5.56 Å². The number of rotatable bonds is 3. The van der Waals surface area contributed by atoms with Crippen LogP contribution in [0.4, 0.5) is 15.8 Å². The molecule has 0 saturated carbocycles. The zero-order valence-electron chi connectivity index (χ0n) is 12.1. The molecule has 0 aliphatic rings. The Morgan fingerprint density at radius 1 is 1.19 bits per heavy atom. The highest BCUT2D eigenvalue weighted by Crippen LogP contribution is 2.23. The lowest BCUT2D eigenvalue weighted by Crippen LogP contribution is -2.15. The van der Waals surface area contributed by atoms with E-state index in [0.29, 0.717) is 10.2 Å². The lowest BCUT2D eigenvalue weighted by atomic mass is 10.1. The summed E-state index contributed by atoms with van der Waals surface area (Å²) in [4.78, 5) is 14.1. The van der Waals surface area contributed by atoms with E-state index in [4.69, 9.17) is 0 Å². The fraction of sp³-hybridized carbons (Fsp3) is 0.188. The molecule has 110 valence electrons. The zero-order chi connectivity index (χ0) is 15.6. The number of carbonyl (C=O) groups is 1. The van der Waals surface area contributed by atoms with Crippen LogP contribution in [-0.4, -0.2) is 20.0 Å². The third-order valence-corrected chi connectivity index (χ3v) is 3.60. The predicted octanol–water partition coefficient (Wildman–Crippen LogP) is 4.21. The first-order valence-corrected chi connectivity index (χ1v) is 7.22. The van der Waals surface area contributed by atoms with Crippen LogP contribution in [0, 0.1) is 12.7 Å². The Balaban J connectivity index is 2.24. The normalized spacial score (nSPS) is 10.3. The molecular formula is C16H16BrFN2O. The number of amides is 1. The van der Waals surface area contributed by atoms with Crippen LogP contribution in [-0.2, 0) is 0 Å². The van der Waals surface area contributed by atoms with E-state index in [-0.39, 0.29) is 5.56 Å². The van der Waals surface area contributed by atoms with Gasteiger partial charge in [-0.1, -0.05) is 15.9 Å². The van der Waals surface area contributed by atoms with Crippen LogP contribution in [0.5, 0.6) is 0 Å². The Labute approximate surface area is 131 Å². The van der Waals surface area contributed by atoms with E-state index < -0.39 is 11.7 Å². The highest BCUT2D eigenvalue weighted by Gasteiger charge is 2.13. The number of hydrogen-bond acceptors (Lipinski definition) is 2. The van der Waals surface area contributed by atoms with Gasteiger partial charge in [0, 0.05) is 29.9 Å². The molecular weight excluding hydrogens is 335 g/mol. The molecule has 0 spiro atoms. The van der Waals surface area contributed by atoms with Gasteiger partial charge in [0.1, 0.15) is 5.82 Å². The maximum absolute atomic E-state index is 13.7. The second-order valence-electron chi connectivity index (χ2n) is 4.97. The van der Waals surface area contributed by atoms with Crippen LogP contribution in [0.1, 0.15) is 15.9 Å². The highest BCUT2D eigenvalue weighted by molar-refractivity contribution is 9.10. The van der Waals surface area contributed by atoms with Crippen molar-refractivity contribution < 1.29 is 9.18 Å². The van der Waals surface area contributed by atoms with E-state index in [1.807, 2.05) is 38.1 Å². The Morgan fingerprint density at radius 3 is 2.52 bits per heavy atom. The minimum atomic E-state index is -0.544. The fourth-order valence-corrected chi connectivity index (χ4v) is 2.47. The predicted molar refractivity (Wildman–Crippen MR) is 87.6 cm³/mol. The number of aryl methyl sites for hydroxylation is 1. The quantitative estimate of drug-likeness (QED) is 0.898. The van der Waals surface area contributed by atoms with Gasteiger partial charge in [-0.05, 0) is 48.9 Å². The van der Waals surface area contributed by atoms with Gasteiger partial charge < -0.3 is 10.2 Å². The lowest BCUT2D eigenvalue weighted by molar-refractivity contribution is 0.102. The van der Waals surface area contributed by atoms with Crippen molar-refractivity contribution in [2.45, 2.75) is 6.92 Å². The summed E-state index contributed by atoms with van der Waals surface area (Å²) in [5.74, 6) is -1.01. The van der Waals surface area contributed by atoms with Crippen molar-refractivity contribution in [1.29, 1.82) is 0 Å². The van der Waals surface area contributed by atoms with Gasteiger partial charge in [0.25, 0.3) is 5.91 Å². The molecule has 0 radical (unpaired) electrons. The van der Waals surface area contributed by atoms with Gasteiger partial charge in [-0.2, -0.15) is 0 Å². The molecule has 0 unspecified atom stereocenters. The average Bonchev–Trinajstić information content (AvgIpc) is 2.41. The van der Waals surface area contributed by atoms with Gasteiger partial charge in [-0.3, -0.25) is 4.79 Å². The van der Waals surface area contributed by atoms with E-state index in [1.165, 1.54) is 12.1 Å². The molecule has 2 aromatic carbocycles. The molecule has 2 rings (SSSR count). The highest BCUT2D eigenvalue weighted by atomic mass is 79.9. The first-order valence-electron chi connectivity index (χ1n) is 6.43. The van der Waals surface area contributed by atoms with Gasteiger partial charge in [-0.15, -0.1) is 0 Å². The molecule has 0 bridgehead atoms. The number of nitrogens with zero attached hydrogens (tertiary/aromatic N) is 1. The average molecular weight is 351 g/mol. The van der Waals surface area contributed by atoms with Gasteiger partial charge in [-0.25, -0.2) is 4.39 Å². The SMILES string of the molecule is Cc1cc(NC(=O)c2cc(Br)ccc2F)ccc1N(C)C. The minimum Gasteiger partial charge on any atom is -0.377 e. The molecule has 1 amide bonds. The summed E-state index contributed by atoms with van der Waals surface area (Å²) in [5, 5.41) is 2.71. The first-order chi connectivity index (χ1) is 9.88. The number of halogens is 2. The molecule has 2 aromatic rings. The van der Waals surface area contributed by atoms with Crippen molar-refractivity contribution in [3.05, 3.63) is 57.8 Å². The first kappa shape index (κ1) is 15.5.